The van der Waals surface area contributed by atoms with Crippen molar-refractivity contribution in [3.8, 4) is 0 Å². The van der Waals surface area contributed by atoms with Crippen LogP contribution in [0.15, 0.2) is 54.6 Å². The number of hydrogen-bond acceptors (Lipinski definition) is 2. The number of rotatable bonds is 5. The molecule has 2 rings (SSSR count). The van der Waals surface area contributed by atoms with Crippen LogP contribution in [-0.2, 0) is 5.75 Å². The molecule has 0 aliphatic rings. The van der Waals surface area contributed by atoms with Gasteiger partial charge in [-0.3, -0.25) is 4.79 Å². The quantitative estimate of drug-likeness (QED) is 0.706. The van der Waals surface area contributed by atoms with E-state index in [1.54, 1.807) is 0 Å². The number of anilines is 1. The van der Waals surface area contributed by atoms with Crippen molar-refractivity contribution in [1.82, 2.24) is 0 Å². The minimum absolute atomic E-state index is 0.0987. The van der Waals surface area contributed by atoms with Gasteiger partial charge in [0.05, 0.1) is 0 Å². The van der Waals surface area contributed by atoms with Gasteiger partial charge < -0.3 is 4.90 Å². The van der Waals surface area contributed by atoms with Crippen molar-refractivity contribution in [3.63, 3.8) is 0 Å². The van der Waals surface area contributed by atoms with Gasteiger partial charge in [0.1, 0.15) is 0 Å². The second-order valence-corrected chi connectivity index (χ2v) is 6.46. The van der Waals surface area contributed by atoms with E-state index in [2.05, 4.69) is 38.1 Å². The lowest BCUT2D eigenvalue weighted by atomic mass is 10.0. The summed E-state index contributed by atoms with van der Waals surface area (Å²) in [5.41, 5.74) is 3.48. The second kappa shape index (κ2) is 8.04. The van der Waals surface area contributed by atoms with Crippen molar-refractivity contribution in [2.75, 3.05) is 11.4 Å². The van der Waals surface area contributed by atoms with Gasteiger partial charge in [-0.05, 0) is 36.1 Å². The molecule has 0 radical (unpaired) electrons. The molecule has 2 aromatic rings. The summed E-state index contributed by atoms with van der Waals surface area (Å²) in [4.78, 5) is 14.2. The number of amides is 1. The summed E-state index contributed by atoms with van der Waals surface area (Å²) < 4.78 is 0. The number of hydrogen-bond donors (Lipinski definition) is 0. The van der Waals surface area contributed by atoms with Gasteiger partial charge in [-0.2, -0.15) is 0 Å². The SMILES string of the molecule is CCN(C(=O)SCc1ccc(C(C)C)cc1)c1ccccc1. The van der Waals surface area contributed by atoms with Crippen LogP contribution >= 0.6 is 11.8 Å². The Balaban J connectivity index is 1.96. The number of carbonyl (C=O) groups excluding carboxylic acids is 1. The highest BCUT2D eigenvalue weighted by Gasteiger charge is 2.14. The zero-order valence-corrected chi connectivity index (χ0v) is 14.3. The monoisotopic (exact) mass is 313 g/mol. The molecule has 0 aromatic heterocycles. The molecule has 0 atom stereocenters. The molecule has 1 amide bonds. The summed E-state index contributed by atoms with van der Waals surface area (Å²) in [6.45, 7) is 7.06. The molecule has 22 heavy (non-hydrogen) atoms. The molecule has 2 nitrogen and oxygen atoms in total. The van der Waals surface area contributed by atoms with Crippen LogP contribution in [0.5, 0.6) is 0 Å². The Labute approximate surface area is 137 Å². The van der Waals surface area contributed by atoms with Gasteiger partial charge in [-0.1, -0.05) is 68.1 Å². The Bertz CT molecular complexity index is 593. The molecule has 0 heterocycles. The lowest BCUT2D eigenvalue weighted by Gasteiger charge is -2.20. The molecule has 116 valence electrons. The largest absolute Gasteiger partial charge is 0.304 e. The Morgan fingerprint density at radius 2 is 1.68 bits per heavy atom. The summed E-state index contributed by atoms with van der Waals surface area (Å²) in [6.07, 6.45) is 0. The number of thioether (sulfide) groups is 1. The third-order valence-electron chi connectivity index (χ3n) is 3.61. The first-order valence-corrected chi connectivity index (χ1v) is 8.68. The van der Waals surface area contributed by atoms with E-state index >= 15 is 0 Å². The van der Waals surface area contributed by atoms with E-state index in [-0.39, 0.29) is 5.24 Å². The Hall–Kier alpha value is -1.74. The van der Waals surface area contributed by atoms with E-state index in [4.69, 9.17) is 0 Å². The zero-order valence-electron chi connectivity index (χ0n) is 13.5. The fourth-order valence-corrected chi connectivity index (χ4v) is 3.12. The molecule has 0 spiro atoms. The lowest BCUT2D eigenvalue weighted by Crippen LogP contribution is -2.26. The van der Waals surface area contributed by atoms with Crippen LogP contribution in [0, 0.1) is 0 Å². The average Bonchev–Trinajstić information content (AvgIpc) is 2.55. The van der Waals surface area contributed by atoms with Crippen molar-refractivity contribution in [3.05, 3.63) is 65.7 Å². The van der Waals surface area contributed by atoms with Crippen LogP contribution in [-0.4, -0.2) is 11.8 Å². The molecular weight excluding hydrogens is 290 g/mol. The van der Waals surface area contributed by atoms with Crippen molar-refractivity contribution < 1.29 is 4.79 Å². The van der Waals surface area contributed by atoms with E-state index in [1.807, 2.05) is 42.2 Å². The summed E-state index contributed by atoms with van der Waals surface area (Å²) in [6, 6.07) is 18.4. The van der Waals surface area contributed by atoms with E-state index in [0.29, 0.717) is 18.2 Å². The van der Waals surface area contributed by atoms with Crippen LogP contribution < -0.4 is 4.90 Å². The molecule has 0 fully saturated rings. The molecule has 0 saturated heterocycles. The van der Waals surface area contributed by atoms with Crippen LogP contribution in [0.25, 0.3) is 0 Å². The first-order chi connectivity index (χ1) is 10.6. The minimum Gasteiger partial charge on any atom is -0.304 e. The topological polar surface area (TPSA) is 20.3 Å². The van der Waals surface area contributed by atoms with Gasteiger partial charge >= 0.3 is 0 Å². The highest BCUT2D eigenvalue weighted by atomic mass is 32.2. The summed E-state index contributed by atoms with van der Waals surface area (Å²) in [5, 5.41) is 0.0987. The lowest BCUT2D eigenvalue weighted by molar-refractivity contribution is 0.265. The van der Waals surface area contributed by atoms with Gasteiger partial charge in [0.25, 0.3) is 5.24 Å². The fraction of sp³-hybridized carbons (Fsp3) is 0.316. The molecule has 0 saturated carbocycles. The molecule has 0 aliphatic carbocycles. The fourth-order valence-electron chi connectivity index (χ4n) is 2.25. The Morgan fingerprint density at radius 3 is 2.23 bits per heavy atom. The van der Waals surface area contributed by atoms with E-state index < -0.39 is 0 Å². The standard InChI is InChI=1S/C19H23NOS/c1-4-20(18-8-6-5-7-9-18)19(21)22-14-16-10-12-17(13-11-16)15(2)3/h5-13,15H,4,14H2,1-3H3. The van der Waals surface area contributed by atoms with Gasteiger partial charge in [0.15, 0.2) is 0 Å². The van der Waals surface area contributed by atoms with Crippen molar-refractivity contribution in [2.24, 2.45) is 0 Å². The van der Waals surface area contributed by atoms with Crippen molar-refractivity contribution in [2.45, 2.75) is 32.4 Å². The van der Waals surface area contributed by atoms with Crippen LogP contribution in [0.1, 0.15) is 37.8 Å². The van der Waals surface area contributed by atoms with Gasteiger partial charge in [-0.15, -0.1) is 0 Å². The predicted octanol–water partition coefficient (Wildman–Crippen LogP) is 5.69. The molecule has 2 aromatic carbocycles. The number of nitrogens with zero attached hydrogens (tertiary/aromatic N) is 1. The van der Waals surface area contributed by atoms with Gasteiger partial charge in [0.2, 0.25) is 0 Å². The third-order valence-corrected chi connectivity index (χ3v) is 4.56. The zero-order chi connectivity index (χ0) is 15.9. The normalized spacial score (nSPS) is 10.7. The highest BCUT2D eigenvalue weighted by Crippen LogP contribution is 2.23. The first-order valence-electron chi connectivity index (χ1n) is 7.70. The maximum Gasteiger partial charge on any atom is 0.286 e. The first kappa shape index (κ1) is 16.6. The predicted molar refractivity (Wildman–Crippen MR) is 96.7 cm³/mol. The smallest absolute Gasteiger partial charge is 0.286 e. The summed E-state index contributed by atoms with van der Waals surface area (Å²) >= 11 is 1.36. The molecule has 3 heteroatoms. The molecular formula is C19H23NOS. The number of para-hydroxylation sites is 1. The molecule has 0 N–H and O–H groups in total. The maximum absolute atomic E-state index is 12.4. The molecule has 0 unspecified atom stereocenters. The highest BCUT2D eigenvalue weighted by molar-refractivity contribution is 8.13. The number of benzene rings is 2. The Kier molecular flexibility index (Phi) is 6.08. The van der Waals surface area contributed by atoms with Crippen molar-refractivity contribution in [1.29, 1.82) is 0 Å². The van der Waals surface area contributed by atoms with Gasteiger partial charge in [0, 0.05) is 18.0 Å². The van der Waals surface area contributed by atoms with Crippen LogP contribution in [0.3, 0.4) is 0 Å². The maximum atomic E-state index is 12.4. The van der Waals surface area contributed by atoms with Crippen LogP contribution in [0.2, 0.25) is 0 Å². The third kappa shape index (κ3) is 4.38. The van der Waals surface area contributed by atoms with Crippen molar-refractivity contribution >= 4 is 22.7 Å². The minimum atomic E-state index is 0.0987. The Morgan fingerprint density at radius 1 is 1.05 bits per heavy atom. The van der Waals surface area contributed by atoms with E-state index in [9.17, 15) is 4.79 Å². The molecule has 0 aliphatic heterocycles. The van der Waals surface area contributed by atoms with E-state index in [0.717, 1.165) is 5.69 Å². The van der Waals surface area contributed by atoms with E-state index in [1.165, 1.54) is 22.9 Å². The number of carbonyl (C=O) groups is 1. The second-order valence-electron chi connectivity index (χ2n) is 5.53. The average molecular weight is 313 g/mol. The van der Waals surface area contributed by atoms with Gasteiger partial charge in [-0.25, -0.2) is 0 Å². The summed E-state index contributed by atoms with van der Waals surface area (Å²) in [7, 11) is 0. The summed E-state index contributed by atoms with van der Waals surface area (Å²) in [5.74, 6) is 1.25. The van der Waals surface area contributed by atoms with Crippen LogP contribution in [0.4, 0.5) is 10.5 Å². The molecule has 0 bridgehead atoms.